The number of aromatic carboxylic acids is 3. The molecule has 0 aliphatic heterocycles. The van der Waals surface area contributed by atoms with Gasteiger partial charge in [-0.2, -0.15) is 0 Å². The van der Waals surface area contributed by atoms with E-state index >= 15 is 0 Å². The number of rotatable bonds is 3. The van der Waals surface area contributed by atoms with E-state index in [1.807, 2.05) is 0 Å². The smallest absolute Gasteiger partial charge is 0.335 e. The molecule has 0 saturated heterocycles. The second-order valence-electron chi connectivity index (χ2n) is 6.50. The van der Waals surface area contributed by atoms with Gasteiger partial charge in [-0.05, 0) is 36.4 Å². The topological polar surface area (TPSA) is 388 Å². The van der Waals surface area contributed by atoms with E-state index < -0.39 is 69.7 Å². The highest BCUT2D eigenvalue weighted by atomic mass is 16.4. The van der Waals surface area contributed by atoms with E-state index in [0.717, 1.165) is 36.4 Å². The highest BCUT2D eigenvalue weighted by molar-refractivity contribution is 5.90. The largest absolute Gasteiger partial charge is 0.504 e. The number of carboxylic acids is 3. The van der Waals surface area contributed by atoms with Gasteiger partial charge in [-0.1, -0.05) is 0 Å². The van der Waals surface area contributed by atoms with E-state index in [1.165, 1.54) is 0 Å². The summed E-state index contributed by atoms with van der Waals surface area (Å²) in [6.45, 7) is 0. The number of phenols is 9. The van der Waals surface area contributed by atoms with E-state index in [9.17, 15) is 14.4 Å². The molecule has 0 atom stereocenters. The van der Waals surface area contributed by atoms with Gasteiger partial charge in [0.05, 0.1) is 16.7 Å². The summed E-state index contributed by atoms with van der Waals surface area (Å²) in [6, 6.07) is 5.07. The Labute approximate surface area is 215 Å². The summed E-state index contributed by atoms with van der Waals surface area (Å²) in [5, 5.41) is 105. The van der Waals surface area contributed by atoms with Crippen molar-refractivity contribution < 1.29 is 92.1 Å². The van der Waals surface area contributed by atoms with Gasteiger partial charge in [0.1, 0.15) is 0 Å². The summed E-state index contributed by atoms with van der Waals surface area (Å²) in [6.07, 6.45) is 0. The fourth-order valence-electron chi connectivity index (χ4n) is 2.18. The molecule has 3 rings (SSSR count). The van der Waals surface area contributed by atoms with Crippen molar-refractivity contribution in [3.63, 3.8) is 0 Å². The molecule has 216 valence electrons. The van der Waals surface area contributed by atoms with Crippen LogP contribution in [0.5, 0.6) is 51.7 Å². The first kappa shape index (κ1) is 37.7. The maximum atomic E-state index is 10.3. The highest BCUT2D eigenvalue weighted by Crippen LogP contribution is 2.36. The van der Waals surface area contributed by atoms with Gasteiger partial charge in [-0.15, -0.1) is 0 Å². The Balaban J connectivity index is -0.000000480. The lowest BCUT2D eigenvalue weighted by Gasteiger charge is -2.01. The second-order valence-corrected chi connectivity index (χ2v) is 6.50. The molecule has 0 unspecified atom stereocenters. The van der Waals surface area contributed by atoms with Crippen LogP contribution in [0.2, 0.25) is 0 Å². The Morgan fingerprint density at radius 2 is 0.487 bits per heavy atom. The van der Waals surface area contributed by atoms with Crippen LogP contribution < -0.4 is 0 Å². The molecule has 18 nitrogen and oxygen atoms in total. The molecule has 0 fully saturated rings. The molecule has 0 spiro atoms. The van der Waals surface area contributed by atoms with Gasteiger partial charge in [0.25, 0.3) is 0 Å². The van der Waals surface area contributed by atoms with Gasteiger partial charge < -0.3 is 77.7 Å². The minimum Gasteiger partial charge on any atom is -0.504 e. The molecule has 0 bridgehead atoms. The zero-order chi connectivity index (χ0) is 27.9. The van der Waals surface area contributed by atoms with E-state index in [4.69, 9.17) is 61.3 Å². The summed E-state index contributed by atoms with van der Waals surface area (Å²) < 4.78 is 0. The van der Waals surface area contributed by atoms with Crippen molar-refractivity contribution in [3.8, 4) is 51.7 Å². The fraction of sp³-hybridized carbons (Fsp3) is 0. The zero-order valence-corrected chi connectivity index (χ0v) is 19.1. The number of aromatic hydroxyl groups is 9. The highest BCUT2D eigenvalue weighted by Gasteiger charge is 2.13. The van der Waals surface area contributed by atoms with E-state index in [0.29, 0.717) is 0 Å². The first-order valence-electron chi connectivity index (χ1n) is 9.01. The van der Waals surface area contributed by atoms with Crippen LogP contribution in [0.4, 0.5) is 0 Å². The number of phenolic OH excluding ortho intramolecular Hbond substituents is 9. The molecular weight excluding hydrogens is 540 g/mol. The van der Waals surface area contributed by atoms with E-state index in [-0.39, 0.29) is 33.1 Å². The minimum atomic E-state index is -1.29. The Kier molecular flexibility index (Phi) is 14.8. The Morgan fingerprint density at radius 3 is 0.590 bits per heavy atom. The van der Waals surface area contributed by atoms with Crippen LogP contribution in [-0.4, -0.2) is 95.6 Å². The van der Waals surface area contributed by atoms with Crippen LogP contribution in [0.1, 0.15) is 31.1 Å². The molecule has 0 saturated carbocycles. The van der Waals surface area contributed by atoms with Crippen LogP contribution in [0.25, 0.3) is 0 Å². The lowest BCUT2D eigenvalue weighted by molar-refractivity contribution is 0.0685. The maximum absolute atomic E-state index is 10.3. The molecule has 39 heavy (non-hydrogen) atoms. The van der Waals surface area contributed by atoms with Crippen molar-refractivity contribution in [2.24, 2.45) is 0 Å². The van der Waals surface area contributed by atoms with Crippen molar-refractivity contribution in [1.29, 1.82) is 0 Å². The SMILES string of the molecule is O.O.O.O=C(O)c1cc(O)c(O)c(O)c1.O=C(O)c1cc(O)c(O)c(O)c1.O=C(O)c1cc(O)c(O)c(O)c1. The monoisotopic (exact) mass is 564 g/mol. The molecule has 0 radical (unpaired) electrons. The van der Waals surface area contributed by atoms with Gasteiger partial charge in [-0.25, -0.2) is 14.4 Å². The van der Waals surface area contributed by atoms with Crippen molar-refractivity contribution in [2.45, 2.75) is 0 Å². The molecule has 0 amide bonds. The van der Waals surface area contributed by atoms with Crippen LogP contribution in [0.15, 0.2) is 36.4 Å². The normalized spacial score (nSPS) is 8.92. The van der Waals surface area contributed by atoms with Gasteiger partial charge in [0.15, 0.2) is 51.7 Å². The van der Waals surface area contributed by atoms with Crippen LogP contribution >= 0.6 is 0 Å². The van der Waals surface area contributed by atoms with Crippen LogP contribution in [0.3, 0.4) is 0 Å². The van der Waals surface area contributed by atoms with Crippen molar-refractivity contribution in [2.75, 3.05) is 0 Å². The molecule has 18 heteroatoms. The lowest BCUT2D eigenvalue weighted by atomic mass is 10.2. The third kappa shape index (κ3) is 9.97. The molecule has 0 heterocycles. The average molecular weight is 564 g/mol. The third-order valence-electron chi connectivity index (χ3n) is 3.95. The molecule has 3 aromatic rings. The van der Waals surface area contributed by atoms with E-state index in [2.05, 4.69) is 0 Å². The van der Waals surface area contributed by atoms with Gasteiger partial charge in [-0.3, -0.25) is 0 Å². The van der Waals surface area contributed by atoms with Gasteiger partial charge >= 0.3 is 17.9 Å². The number of hydrogen-bond acceptors (Lipinski definition) is 12. The summed E-state index contributed by atoms with van der Waals surface area (Å²) in [5.74, 6) is -10.00. The Bertz CT molecular complexity index is 1090. The number of carbonyl (C=O) groups is 3. The van der Waals surface area contributed by atoms with Crippen LogP contribution in [-0.2, 0) is 0 Å². The number of benzene rings is 3. The van der Waals surface area contributed by atoms with Crippen LogP contribution in [0, 0.1) is 0 Å². The zero-order valence-electron chi connectivity index (χ0n) is 19.1. The average Bonchev–Trinajstić information content (AvgIpc) is 2.79. The summed E-state index contributed by atoms with van der Waals surface area (Å²) in [4.78, 5) is 30.9. The fourth-order valence-corrected chi connectivity index (χ4v) is 2.18. The Morgan fingerprint density at radius 1 is 0.359 bits per heavy atom. The predicted octanol–water partition coefficient (Wildman–Crippen LogP) is -0.969. The first-order valence-corrected chi connectivity index (χ1v) is 9.01. The number of carboxylic acid groups (broad SMARTS) is 3. The predicted molar refractivity (Wildman–Crippen MR) is 126 cm³/mol. The van der Waals surface area contributed by atoms with Crippen molar-refractivity contribution in [1.82, 2.24) is 0 Å². The molecule has 0 aromatic heterocycles. The lowest BCUT2D eigenvalue weighted by Crippen LogP contribution is -1.95. The quantitative estimate of drug-likeness (QED) is 0.170. The van der Waals surface area contributed by atoms with Crippen molar-refractivity contribution in [3.05, 3.63) is 53.1 Å². The molecule has 3 aromatic carbocycles. The molecule has 0 aliphatic carbocycles. The molecular formula is C21H24O18. The van der Waals surface area contributed by atoms with Gasteiger partial charge in [0.2, 0.25) is 0 Å². The standard InChI is InChI=1S/3C7H6O5.3H2O/c3*8-4-1-3(7(11)12)2-5(9)6(4)10;;;/h3*1-2,8-10H,(H,11,12);3*1H2. The first-order chi connectivity index (χ1) is 16.6. The summed E-state index contributed by atoms with van der Waals surface area (Å²) in [5.41, 5.74) is -0.867. The molecule has 18 N–H and O–H groups in total. The molecule has 0 aliphatic rings. The number of hydrogen-bond donors (Lipinski definition) is 12. The third-order valence-corrected chi connectivity index (χ3v) is 3.95. The van der Waals surface area contributed by atoms with Gasteiger partial charge in [0, 0.05) is 0 Å². The maximum Gasteiger partial charge on any atom is 0.335 e. The summed E-state index contributed by atoms with van der Waals surface area (Å²) >= 11 is 0. The van der Waals surface area contributed by atoms with E-state index in [1.54, 1.807) is 0 Å². The second kappa shape index (κ2) is 15.3. The van der Waals surface area contributed by atoms with Crippen molar-refractivity contribution >= 4 is 17.9 Å². The Hall–Kier alpha value is -5.85. The summed E-state index contributed by atoms with van der Waals surface area (Å²) in [7, 11) is 0. The minimum absolute atomic E-state index is 0.